The highest BCUT2D eigenvalue weighted by molar-refractivity contribution is 8.77. The average Bonchev–Trinajstić information content (AvgIpc) is 3.24. The molecule has 0 aromatic carbocycles. The van der Waals surface area contributed by atoms with Crippen LogP contribution in [-0.2, 0) is 28.5 Å². The summed E-state index contributed by atoms with van der Waals surface area (Å²) in [6.07, 6.45) is 5.23. The van der Waals surface area contributed by atoms with E-state index in [1.807, 2.05) is 26.5 Å². The molecule has 0 radical (unpaired) electrons. The lowest BCUT2D eigenvalue weighted by Crippen LogP contribution is -2.37. The molecule has 170 valence electrons. The van der Waals surface area contributed by atoms with E-state index in [0.29, 0.717) is 85.6 Å². The van der Waals surface area contributed by atoms with Crippen molar-refractivity contribution in [3.05, 3.63) is 0 Å². The van der Waals surface area contributed by atoms with Gasteiger partial charge in [0.25, 0.3) is 0 Å². The summed E-state index contributed by atoms with van der Waals surface area (Å²) >= 11 is 0. The zero-order valence-electron chi connectivity index (χ0n) is 17.5. The molecule has 0 aliphatic carbocycles. The zero-order valence-corrected chi connectivity index (χ0v) is 19.2. The van der Waals surface area contributed by atoms with Gasteiger partial charge in [-0.1, -0.05) is 28.0 Å². The minimum absolute atomic E-state index is 0.199. The molecule has 2 rings (SSSR count). The fourth-order valence-corrected chi connectivity index (χ4v) is 6.09. The van der Waals surface area contributed by atoms with Crippen molar-refractivity contribution in [1.82, 2.24) is 4.90 Å². The summed E-state index contributed by atoms with van der Waals surface area (Å²) < 4.78 is 27.6. The molecule has 2 heterocycles. The minimum atomic E-state index is 0.199. The predicted molar refractivity (Wildman–Crippen MR) is 118 cm³/mol. The summed E-state index contributed by atoms with van der Waals surface area (Å²) in [5.41, 5.74) is 0. The molecule has 1 unspecified atom stereocenters. The van der Waals surface area contributed by atoms with Gasteiger partial charge in [-0.3, -0.25) is 4.79 Å². The third kappa shape index (κ3) is 13.1. The SMILES string of the molecule is O=C(CCCCC1CCSS1)N1CCOCCOCCOCCOCCOCC1. The molecule has 0 spiro atoms. The Morgan fingerprint density at radius 1 is 0.759 bits per heavy atom. The van der Waals surface area contributed by atoms with Crippen LogP contribution in [0.5, 0.6) is 0 Å². The van der Waals surface area contributed by atoms with Gasteiger partial charge < -0.3 is 28.6 Å². The van der Waals surface area contributed by atoms with Gasteiger partial charge in [-0.2, -0.15) is 0 Å². The Morgan fingerprint density at radius 2 is 1.28 bits per heavy atom. The Hall–Kier alpha value is -0.0300. The molecule has 7 nitrogen and oxygen atoms in total. The summed E-state index contributed by atoms with van der Waals surface area (Å²) in [5.74, 6) is 1.47. The van der Waals surface area contributed by atoms with Gasteiger partial charge in [0.15, 0.2) is 0 Å². The Bertz CT molecular complexity index is 394. The summed E-state index contributed by atoms with van der Waals surface area (Å²) in [6.45, 7) is 6.56. The van der Waals surface area contributed by atoms with Gasteiger partial charge in [-0.15, -0.1) is 0 Å². The monoisotopic (exact) mass is 451 g/mol. The molecule has 29 heavy (non-hydrogen) atoms. The summed E-state index contributed by atoms with van der Waals surface area (Å²) in [7, 11) is 3.99. The molecular weight excluding hydrogens is 414 g/mol. The highest BCUT2D eigenvalue weighted by Crippen LogP contribution is 2.39. The number of amides is 1. The van der Waals surface area contributed by atoms with E-state index in [1.165, 1.54) is 18.6 Å². The van der Waals surface area contributed by atoms with E-state index in [1.54, 1.807) is 0 Å². The number of nitrogens with zero attached hydrogens (tertiary/aromatic N) is 1. The quantitative estimate of drug-likeness (QED) is 0.467. The number of rotatable bonds is 5. The average molecular weight is 452 g/mol. The van der Waals surface area contributed by atoms with Crippen LogP contribution < -0.4 is 0 Å². The second-order valence-electron chi connectivity index (χ2n) is 7.02. The zero-order chi connectivity index (χ0) is 20.4. The molecule has 2 saturated heterocycles. The van der Waals surface area contributed by atoms with Crippen LogP contribution in [0, 0.1) is 0 Å². The molecule has 2 aliphatic rings. The maximum absolute atomic E-state index is 12.7. The fraction of sp³-hybridized carbons (Fsp3) is 0.950. The molecule has 0 bridgehead atoms. The van der Waals surface area contributed by atoms with Gasteiger partial charge in [0.1, 0.15) is 0 Å². The molecule has 0 N–H and O–H groups in total. The number of ether oxygens (including phenoxy) is 5. The van der Waals surface area contributed by atoms with Crippen molar-refractivity contribution in [2.75, 3.05) is 84.9 Å². The second kappa shape index (κ2) is 17.6. The minimum Gasteiger partial charge on any atom is -0.377 e. The first kappa shape index (κ1) is 25.2. The number of carbonyl (C=O) groups excluding carboxylic acids is 1. The van der Waals surface area contributed by atoms with Gasteiger partial charge in [0, 0.05) is 30.5 Å². The maximum Gasteiger partial charge on any atom is 0.222 e. The topological polar surface area (TPSA) is 66.5 Å². The van der Waals surface area contributed by atoms with Gasteiger partial charge in [0.05, 0.1) is 66.1 Å². The van der Waals surface area contributed by atoms with Crippen LogP contribution in [0.3, 0.4) is 0 Å². The van der Waals surface area contributed by atoms with Crippen molar-refractivity contribution in [3.8, 4) is 0 Å². The van der Waals surface area contributed by atoms with Crippen molar-refractivity contribution >= 4 is 27.5 Å². The van der Waals surface area contributed by atoms with Gasteiger partial charge >= 0.3 is 0 Å². The lowest BCUT2D eigenvalue weighted by atomic mass is 10.1. The smallest absolute Gasteiger partial charge is 0.222 e. The molecular formula is C20H37NO6S2. The summed E-state index contributed by atoms with van der Waals surface area (Å²) in [4.78, 5) is 14.5. The van der Waals surface area contributed by atoms with E-state index in [4.69, 9.17) is 23.7 Å². The van der Waals surface area contributed by atoms with E-state index in [9.17, 15) is 4.79 Å². The Balaban J connectivity index is 1.65. The van der Waals surface area contributed by atoms with Gasteiger partial charge in [-0.05, 0) is 19.3 Å². The molecule has 2 aliphatic heterocycles. The van der Waals surface area contributed by atoms with E-state index >= 15 is 0 Å². The van der Waals surface area contributed by atoms with Crippen molar-refractivity contribution in [2.45, 2.75) is 37.4 Å². The van der Waals surface area contributed by atoms with Crippen molar-refractivity contribution in [2.24, 2.45) is 0 Å². The summed E-state index contributed by atoms with van der Waals surface area (Å²) in [5, 5.41) is 0.782. The number of hydrogen-bond donors (Lipinski definition) is 0. The van der Waals surface area contributed by atoms with Crippen LogP contribution in [0.4, 0.5) is 0 Å². The fourth-order valence-electron chi connectivity index (χ4n) is 3.06. The Kier molecular flexibility index (Phi) is 15.3. The Morgan fingerprint density at radius 3 is 1.76 bits per heavy atom. The normalized spacial score (nSPS) is 24.7. The van der Waals surface area contributed by atoms with E-state index in [2.05, 4.69) is 0 Å². The molecule has 1 atom stereocenters. The van der Waals surface area contributed by atoms with Gasteiger partial charge in [-0.25, -0.2) is 0 Å². The summed E-state index contributed by atoms with van der Waals surface area (Å²) in [6, 6.07) is 0. The highest BCUT2D eigenvalue weighted by atomic mass is 33.1. The van der Waals surface area contributed by atoms with E-state index in [-0.39, 0.29) is 5.91 Å². The molecule has 9 heteroatoms. The van der Waals surface area contributed by atoms with Crippen LogP contribution in [0.25, 0.3) is 0 Å². The van der Waals surface area contributed by atoms with Crippen LogP contribution in [0.1, 0.15) is 32.1 Å². The highest BCUT2D eigenvalue weighted by Gasteiger charge is 2.17. The number of hydrogen-bond acceptors (Lipinski definition) is 8. The largest absolute Gasteiger partial charge is 0.377 e. The van der Waals surface area contributed by atoms with Crippen molar-refractivity contribution in [1.29, 1.82) is 0 Å². The number of unbranched alkanes of at least 4 members (excludes halogenated alkanes) is 1. The van der Waals surface area contributed by atoms with Gasteiger partial charge in [0.2, 0.25) is 5.91 Å². The third-order valence-electron chi connectivity index (χ3n) is 4.75. The van der Waals surface area contributed by atoms with E-state index < -0.39 is 0 Å². The lowest BCUT2D eigenvalue weighted by Gasteiger charge is -2.23. The first-order valence-electron chi connectivity index (χ1n) is 10.8. The predicted octanol–water partition coefficient (Wildman–Crippen LogP) is 2.63. The molecule has 0 aromatic heterocycles. The number of carbonyl (C=O) groups is 1. The molecule has 0 saturated carbocycles. The van der Waals surface area contributed by atoms with Crippen LogP contribution in [0.2, 0.25) is 0 Å². The van der Waals surface area contributed by atoms with Crippen LogP contribution >= 0.6 is 21.6 Å². The third-order valence-corrected chi connectivity index (χ3v) is 7.75. The van der Waals surface area contributed by atoms with Crippen LogP contribution in [0.15, 0.2) is 0 Å². The molecule has 1 amide bonds. The van der Waals surface area contributed by atoms with Crippen LogP contribution in [-0.4, -0.2) is 101 Å². The lowest BCUT2D eigenvalue weighted by molar-refractivity contribution is -0.133. The van der Waals surface area contributed by atoms with E-state index in [0.717, 1.165) is 18.1 Å². The standard InChI is InChI=1S/C20H37NO6S2/c22-20(4-2-1-3-19-5-18-28-29-19)21-6-8-23-10-12-25-14-16-27-17-15-26-13-11-24-9-7-21/h19H,1-18H2. The first-order valence-corrected chi connectivity index (χ1v) is 13.2. The molecule has 0 aromatic rings. The second-order valence-corrected chi connectivity index (χ2v) is 9.80. The first-order chi connectivity index (χ1) is 14.4. The van der Waals surface area contributed by atoms with Crippen molar-refractivity contribution in [3.63, 3.8) is 0 Å². The maximum atomic E-state index is 12.7. The Labute approximate surface area is 183 Å². The van der Waals surface area contributed by atoms with Crippen molar-refractivity contribution < 1.29 is 28.5 Å². The molecule has 2 fully saturated rings.